The minimum Gasteiger partial charge on any atom is -0.177 e. The summed E-state index contributed by atoms with van der Waals surface area (Å²) in [6.45, 7) is 3.53. The molecule has 0 radical (unpaired) electrons. The van der Waals surface area contributed by atoms with Crippen molar-refractivity contribution in [3.63, 3.8) is 0 Å². The van der Waals surface area contributed by atoms with Gasteiger partial charge < -0.3 is 0 Å². The lowest BCUT2D eigenvalue weighted by Crippen LogP contribution is -1.69. The van der Waals surface area contributed by atoms with Gasteiger partial charge >= 0.3 is 0 Å². The Hall–Kier alpha value is -1.86. The number of hydrogen-bond donors (Lipinski definition) is 2. The molecule has 0 amide bonds. The van der Waals surface area contributed by atoms with Crippen molar-refractivity contribution in [3.05, 3.63) is 11.6 Å². The number of rotatable bonds is 0. The van der Waals surface area contributed by atoms with Crippen LogP contribution in [0.15, 0.2) is 0 Å². The third-order valence-electron chi connectivity index (χ3n) is 0.902. The van der Waals surface area contributed by atoms with Crippen molar-refractivity contribution in [3.8, 4) is 0 Å². The monoisotopic (exact) mass is 168 g/mol. The van der Waals surface area contributed by atoms with Gasteiger partial charge in [0.25, 0.3) is 0 Å². The topological polar surface area (TPSA) is 109 Å². The summed E-state index contributed by atoms with van der Waals surface area (Å²) in [6, 6.07) is 0. The Labute approximate surface area is 67.8 Å². The molecule has 0 atom stereocenters. The molecule has 2 aromatic heterocycles. The summed E-state index contributed by atoms with van der Waals surface area (Å²) in [5.74, 6) is 1.35. The summed E-state index contributed by atoms with van der Waals surface area (Å²) in [5, 5.41) is 25.4. The second kappa shape index (κ2) is 4.11. The van der Waals surface area contributed by atoms with E-state index in [1.54, 1.807) is 13.8 Å². The van der Waals surface area contributed by atoms with Gasteiger partial charge in [0.15, 0.2) is 11.6 Å². The molecular formula is C4H8N8. The van der Waals surface area contributed by atoms with Crippen molar-refractivity contribution in [2.24, 2.45) is 0 Å². The first-order valence-corrected chi connectivity index (χ1v) is 3.19. The van der Waals surface area contributed by atoms with E-state index in [2.05, 4.69) is 41.2 Å². The van der Waals surface area contributed by atoms with Crippen LogP contribution in [0.25, 0.3) is 0 Å². The largest absolute Gasteiger partial charge is 0.177 e. The smallest absolute Gasteiger partial charge is 0.171 e. The average molecular weight is 168 g/mol. The molecule has 0 bridgehead atoms. The van der Waals surface area contributed by atoms with Gasteiger partial charge in [-0.15, -0.1) is 20.4 Å². The molecule has 64 valence electrons. The van der Waals surface area contributed by atoms with E-state index in [1.807, 2.05) is 0 Å². The van der Waals surface area contributed by atoms with Crippen LogP contribution in [0.1, 0.15) is 11.6 Å². The normalized spacial score (nSPS) is 8.83. The van der Waals surface area contributed by atoms with Crippen LogP contribution in [-0.2, 0) is 0 Å². The number of hydrogen-bond acceptors (Lipinski definition) is 6. The third-order valence-corrected chi connectivity index (χ3v) is 0.902. The molecule has 2 rings (SSSR count). The molecule has 0 unspecified atom stereocenters. The summed E-state index contributed by atoms with van der Waals surface area (Å²) >= 11 is 0. The van der Waals surface area contributed by atoms with Gasteiger partial charge in [-0.3, -0.25) is 0 Å². The fraction of sp³-hybridized carbons (Fsp3) is 0.500. The van der Waals surface area contributed by atoms with E-state index in [1.165, 1.54) is 0 Å². The number of H-pyrrole nitrogens is 2. The summed E-state index contributed by atoms with van der Waals surface area (Å²) in [7, 11) is 0. The first kappa shape index (κ1) is 8.24. The zero-order chi connectivity index (χ0) is 8.81. The third kappa shape index (κ3) is 2.82. The van der Waals surface area contributed by atoms with Gasteiger partial charge in [0.2, 0.25) is 0 Å². The van der Waals surface area contributed by atoms with Crippen molar-refractivity contribution >= 4 is 0 Å². The van der Waals surface area contributed by atoms with Gasteiger partial charge in [-0.2, -0.15) is 10.4 Å². The molecule has 0 spiro atoms. The minimum atomic E-state index is 0.676. The van der Waals surface area contributed by atoms with Crippen molar-refractivity contribution in [2.75, 3.05) is 0 Å². The number of aromatic amines is 2. The maximum atomic E-state index is 3.57. The Morgan fingerprint density at radius 3 is 1.33 bits per heavy atom. The fourth-order valence-corrected chi connectivity index (χ4v) is 0.424. The summed E-state index contributed by atoms with van der Waals surface area (Å²) in [4.78, 5) is 0. The van der Waals surface area contributed by atoms with Gasteiger partial charge in [0.1, 0.15) is 0 Å². The van der Waals surface area contributed by atoms with Crippen molar-refractivity contribution in [1.29, 1.82) is 0 Å². The summed E-state index contributed by atoms with van der Waals surface area (Å²) < 4.78 is 0. The zero-order valence-corrected chi connectivity index (χ0v) is 6.68. The maximum Gasteiger partial charge on any atom is 0.171 e. The Kier molecular flexibility index (Phi) is 2.82. The lowest BCUT2D eigenvalue weighted by molar-refractivity contribution is 0.881. The molecule has 0 saturated heterocycles. The van der Waals surface area contributed by atoms with Crippen LogP contribution >= 0.6 is 0 Å². The molecule has 8 nitrogen and oxygen atoms in total. The van der Waals surface area contributed by atoms with E-state index < -0.39 is 0 Å². The Balaban J connectivity index is 0.000000120. The van der Waals surface area contributed by atoms with Crippen LogP contribution in [-0.4, -0.2) is 41.2 Å². The van der Waals surface area contributed by atoms with Crippen molar-refractivity contribution in [1.82, 2.24) is 41.2 Å². The van der Waals surface area contributed by atoms with Gasteiger partial charge in [-0.25, -0.2) is 0 Å². The molecule has 0 aliphatic heterocycles. The highest BCUT2D eigenvalue weighted by molar-refractivity contribution is 4.64. The molecule has 0 aliphatic carbocycles. The first-order valence-electron chi connectivity index (χ1n) is 3.19. The van der Waals surface area contributed by atoms with E-state index in [-0.39, 0.29) is 0 Å². The van der Waals surface area contributed by atoms with Crippen molar-refractivity contribution in [2.45, 2.75) is 13.8 Å². The molecular weight excluding hydrogens is 160 g/mol. The van der Waals surface area contributed by atoms with E-state index >= 15 is 0 Å². The number of nitrogens with zero attached hydrogens (tertiary/aromatic N) is 6. The van der Waals surface area contributed by atoms with Crippen LogP contribution in [0, 0.1) is 13.8 Å². The van der Waals surface area contributed by atoms with Crippen LogP contribution in [0.2, 0.25) is 0 Å². The zero-order valence-electron chi connectivity index (χ0n) is 6.68. The second-order valence-corrected chi connectivity index (χ2v) is 1.92. The van der Waals surface area contributed by atoms with E-state index in [0.29, 0.717) is 11.6 Å². The van der Waals surface area contributed by atoms with Gasteiger partial charge in [0.05, 0.1) is 0 Å². The quantitative estimate of drug-likeness (QED) is 0.523. The molecule has 0 aromatic carbocycles. The highest BCUT2D eigenvalue weighted by atomic mass is 15.5. The van der Waals surface area contributed by atoms with Crippen LogP contribution < -0.4 is 0 Å². The van der Waals surface area contributed by atoms with E-state index in [0.717, 1.165) is 0 Å². The number of tetrazole rings is 2. The minimum absolute atomic E-state index is 0.676. The standard InChI is InChI=1S/2C2H4N4/c2*1-2-3-5-6-4-2/h2*1H3,(H,3,4,5,6). The molecule has 2 N–H and O–H groups in total. The lowest BCUT2D eigenvalue weighted by atomic mass is 10.8. The summed E-state index contributed by atoms with van der Waals surface area (Å²) in [6.07, 6.45) is 0. The Morgan fingerprint density at radius 2 is 1.25 bits per heavy atom. The molecule has 2 aromatic rings. The SMILES string of the molecule is Cc1nn[nH]n1.Cc1nn[nH]n1. The first-order chi connectivity index (χ1) is 5.79. The van der Waals surface area contributed by atoms with Crippen LogP contribution in [0.4, 0.5) is 0 Å². The van der Waals surface area contributed by atoms with Gasteiger partial charge in [-0.05, 0) is 13.8 Å². The highest BCUT2D eigenvalue weighted by Crippen LogP contribution is 1.69. The maximum absolute atomic E-state index is 3.57. The Morgan fingerprint density at radius 1 is 0.833 bits per heavy atom. The van der Waals surface area contributed by atoms with E-state index in [4.69, 9.17) is 0 Å². The average Bonchev–Trinajstić information content (AvgIpc) is 2.63. The van der Waals surface area contributed by atoms with Gasteiger partial charge in [-0.1, -0.05) is 10.4 Å². The molecule has 8 heteroatoms. The molecule has 0 saturated carbocycles. The lowest BCUT2D eigenvalue weighted by Gasteiger charge is -1.59. The van der Waals surface area contributed by atoms with Crippen LogP contribution in [0.5, 0.6) is 0 Å². The molecule has 0 aliphatic rings. The molecule has 2 heterocycles. The highest BCUT2D eigenvalue weighted by Gasteiger charge is 1.78. The number of aromatic nitrogens is 8. The fourth-order valence-electron chi connectivity index (χ4n) is 0.424. The van der Waals surface area contributed by atoms with Crippen molar-refractivity contribution < 1.29 is 0 Å². The number of aryl methyl sites for hydroxylation is 2. The van der Waals surface area contributed by atoms with E-state index in [9.17, 15) is 0 Å². The molecule has 12 heavy (non-hydrogen) atoms. The second-order valence-electron chi connectivity index (χ2n) is 1.92. The van der Waals surface area contributed by atoms with Gasteiger partial charge in [0, 0.05) is 0 Å². The Bertz CT molecular complexity index is 250. The predicted molar refractivity (Wildman–Crippen MR) is 37.8 cm³/mol. The molecule has 0 fully saturated rings. The predicted octanol–water partition coefficient (Wildman–Crippen LogP) is -0.984. The van der Waals surface area contributed by atoms with Crippen LogP contribution in [0.3, 0.4) is 0 Å². The number of nitrogens with one attached hydrogen (secondary N) is 2. The summed E-state index contributed by atoms with van der Waals surface area (Å²) in [5.41, 5.74) is 0.